The van der Waals surface area contributed by atoms with Gasteiger partial charge in [0.1, 0.15) is 24.5 Å². The van der Waals surface area contributed by atoms with Crippen LogP contribution in [0.4, 0.5) is 0 Å². The van der Waals surface area contributed by atoms with Crippen molar-refractivity contribution in [2.75, 3.05) is 19.6 Å². The summed E-state index contributed by atoms with van der Waals surface area (Å²) in [5.41, 5.74) is 1.26. The van der Waals surface area contributed by atoms with Gasteiger partial charge in [0.25, 0.3) is 0 Å². The summed E-state index contributed by atoms with van der Waals surface area (Å²) < 4.78 is 2.17. The lowest BCUT2D eigenvalue weighted by Crippen LogP contribution is -2.45. The Morgan fingerprint density at radius 3 is 2.76 bits per heavy atom. The molecule has 0 spiro atoms. The van der Waals surface area contributed by atoms with Crippen LogP contribution >= 0.6 is 0 Å². The molecule has 0 aliphatic carbocycles. The molecular weight excluding hydrogens is 364 g/mol. The third kappa shape index (κ3) is 4.82. The van der Waals surface area contributed by atoms with Crippen molar-refractivity contribution < 1.29 is 0 Å². The lowest BCUT2D eigenvalue weighted by atomic mass is 9.96. The number of guanidine groups is 1. The Labute approximate surface area is 171 Å². The van der Waals surface area contributed by atoms with Crippen molar-refractivity contribution in [2.24, 2.45) is 4.99 Å². The number of aromatic amines is 1. The van der Waals surface area contributed by atoms with Crippen LogP contribution in [-0.2, 0) is 13.1 Å². The minimum absolute atomic E-state index is 0.446. The van der Waals surface area contributed by atoms with E-state index < -0.39 is 0 Å². The van der Waals surface area contributed by atoms with E-state index in [1.807, 2.05) is 18.5 Å². The first-order chi connectivity index (χ1) is 14.3. The molecule has 8 nitrogen and oxygen atoms in total. The monoisotopic (exact) mass is 392 g/mol. The zero-order valence-corrected chi connectivity index (χ0v) is 16.8. The van der Waals surface area contributed by atoms with E-state index in [4.69, 9.17) is 4.99 Å². The van der Waals surface area contributed by atoms with Crippen LogP contribution in [0.15, 0.2) is 54.0 Å². The standard InChI is InChI=1S/C21H28N8/c1-2-22-21(28-11-8-18(9-12-28)20-25-16-26-27-20)24-14-19-23-10-13-29(19)15-17-6-4-3-5-7-17/h3-7,10,13,16,18H,2,8-9,11-12,14-15H2,1H3,(H,22,24)(H,25,26,27). The molecule has 0 radical (unpaired) electrons. The average molecular weight is 393 g/mol. The van der Waals surface area contributed by atoms with E-state index in [9.17, 15) is 0 Å². The second-order valence-electron chi connectivity index (χ2n) is 7.26. The van der Waals surface area contributed by atoms with E-state index in [0.29, 0.717) is 12.5 Å². The summed E-state index contributed by atoms with van der Waals surface area (Å²) in [6.07, 6.45) is 7.55. The summed E-state index contributed by atoms with van der Waals surface area (Å²) in [7, 11) is 0. The highest BCUT2D eigenvalue weighted by Gasteiger charge is 2.24. The van der Waals surface area contributed by atoms with E-state index in [-0.39, 0.29) is 0 Å². The molecule has 8 heteroatoms. The number of likely N-dealkylation sites (tertiary alicyclic amines) is 1. The predicted octanol–water partition coefficient (Wildman–Crippen LogP) is 2.39. The van der Waals surface area contributed by atoms with Crippen LogP contribution in [0.3, 0.4) is 0 Å². The fourth-order valence-corrected chi connectivity index (χ4v) is 3.76. The maximum atomic E-state index is 4.88. The first kappa shape index (κ1) is 19.2. The van der Waals surface area contributed by atoms with Crippen molar-refractivity contribution in [1.29, 1.82) is 0 Å². The molecule has 1 aliphatic heterocycles. The summed E-state index contributed by atoms with van der Waals surface area (Å²) in [6.45, 7) is 6.23. The topological polar surface area (TPSA) is 87.0 Å². The maximum absolute atomic E-state index is 4.88. The molecule has 0 unspecified atom stereocenters. The van der Waals surface area contributed by atoms with Gasteiger partial charge in [-0.2, -0.15) is 5.10 Å². The number of H-pyrrole nitrogens is 1. The molecule has 29 heavy (non-hydrogen) atoms. The second-order valence-corrected chi connectivity index (χ2v) is 7.26. The fourth-order valence-electron chi connectivity index (χ4n) is 3.76. The van der Waals surface area contributed by atoms with Crippen LogP contribution in [0.2, 0.25) is 0 Å². The molecule has 1 saturated heterocycles. The molecule has 4 rings (SSSR count). The molecule has 3 aromatic rings. The van der Waals surface area contributed by atoms with Crippen molar-refractivity contribution in [3.63, 3.8) is 0 Å². The molecule has 3 heterocycles. The van der Waals surface area contributed by atoms with Crippen LogP contribution in [0, 0.1) is 0 Å². The molecule has 152 valence electrons. The number of nitrogens with one attached hydrogen (secondary N) is 2. The molecule has 0 bridgehead atoms. The third-order valence-electron chi connectivity index (χ3n) is 5.32. The van der Waals surface area contributed by atoms with Gasteiger partial charge in [0.15, 0.2) is 5.96 Å². The minimum Gasteiger partial charge on any atom is -0.357 e. The van der Waals surface area contributed by atoms with E-state index in [0.717, 1.165) is 56.6 Å². The molecule has 0 amide bonds. The van der Waals surface area contributed by atoms with Crippen molar-refractivity contribution in [2.45, 2.75) is 38.8 Å². The van der Waals surface area contributed by atoms with Crippen LogP contribution < -0.4 is 5.32 Å². The molecule has 1 fully saturated rings. The first-order valence-corrected chi connectivity index (χ1v) is 10.3. The van der Waals surface area contributed by atoms with Gasteiger partial charge in [-0.3, -0.25) is 5.10 Å². The zero-order chi connectivity index (χ0) is 19.9. The summed E-state index contributed by atoms with van der Waals surface area (Å²) in [4.78, 5) is 16.1. The van der Waals surface area contributed by atoms with E-state index in [2.05, 4.69) is 66.1 Å². The fraction of sp³-hybridized carbons (Fsp3) is 0.429. The Bertz CT molecular complexity index is 892. The Kier molecular flexibility index (Phi) is 6.19. The van der Waals surface area contributed by atoms with E-state index >= 15 is 0 Å². The van der Waals surface area contributed by atoms with Gasteiger partial charge in [-0.25, -0.2) is 15.0 Å². The van der Waals surface area contributed by atoms with Crippen LogP contribution in [0.25, 0.3) is 0 Å². The van der Waals surface area contributed by atoms with E-state index in [1.165, 1.54) is 5.56 Å². The normalized spacial score (nSPS) is 15.6. The number of piperidine rings is 1. The van der Waals surface area contributed by atoms with Crippen molar-refractivity contribution in [3.05, 3.63) is 66.3 Å². The zero-order valence-electron chi connectivity index (χ0n) is 16.8. The largest absolute Gasteiger partial charge is 0.357 e. The number of imidazole rings is 1. The molecule has 0 atom stereocenters. The highest BCUT2D eigenvalue weighted by molar-refractivity contribution is 5.80. The molecule has 1 aliphatic rings. The van der Waals surface area contributed by atoms with Crippen molar-refractivity contribution >= 4 is 5.96 Å². The summed E-state index contributed by atoms with van der Waals surface area (Å²) in [5, 5.41) is 10.4. The first-order valence-electron chi connectivity index (χ1n) is 10.3. The molecule has 2 N–H and O–H groups in total. The number of benzene rings is 1. The highest BCUT2D eigenvalue weighted by atomic mass is 15.3. The average Bonchev–Trinajstić information content (AvgIpc) is 3.45. The highest BCUT2D eigenvalue weighted by Crippen LogP contribution is 2.25. The van der Waals surface area contributed by atoms with Gasteiger partial charge in [0, 0.05) is 44.5 Å². The lowest BCUT2D eigenvalue weighted by molar-refractivity contribution is 0.298. The SMILES string of the molecule is CCNC(=NCc1nccn1Cc1ccccc1)N1CCC(c2ncn[nH]2)CC1. The van der Waals surface area contributed by atoms with Gasteiger partial charge in [-0.15, -0.1) is 0 Å². The Morgan fingerprint density at radius 1 is 1.21 bits per heavy atom. The number of hydrogen-bond donors (Lipinski definition) is 2. The van der Waals surface area contributed by atoms with Crippen molar-refractivity contribution in [3.8, 4) is 0 Å². The number of aromatic nitrogens is 5. The minimum atomic E-state index is 0.446. The summed E-state index contributed by atoms with van der Waals surface area (Å²) >= 11 is 0. The Morgan fingerprint density at radius 2 is 2.03 bits per heavy atom. The Hall–Kier alpha value is -3.16. The second kappa shape index (κ2) is 9.36. The smallest absolute Gasteiger partial charge is 0.194 e. The third-order valence-corrected chi connectivity index (χ3v) is 5.32. The van der Waals surface area contributed by atoms with Gasteiger partial charge >= 0.3 is 0 Å². The number of aliphatic imine (C=N–C) groups is 1. The van der Waals surface area contributed by atoms with Gasteiger partial charge in [-0.05, 0) is 25.3 Å². The predicted molar refractivity (Wildman–Crippen MR) is 113 cm³/mol. The molecule has 1 aromatic carbocycles. The quantitative estimate of drug-likeness (QED) is 0.497. The lowest BCUT2D eigenvalue weighted by Gasteiger charge is -2.33. The number of nitrogens with zero attached hydrogens (tertiary/aromatic N) is 6. The van der Waals surface area contributed by atoms with E-state index in [1.54, 1.807) is 6.33 Å². The van der Waals surface area contributed by atoms with Crippen LogP contribution in [0.1, 0.15) is 42.9 Å². The Balaban J connectivity index is 1.40. The van der Waals surface area contributed by atoms with Gasteiger partial charge in [0.05, 0.1) is 0 Å². The summed E-state index contributed by atoms with van der Waals surface area (Å²) in [5.74, 6) is 3.37. The summed E-state index contributed by atoms with van der Waals surface area (Å²) in [6, 6.07) is 10.4. The van der Waals surface area contributed by atoms with Gasteiger partial charge in [-0.1, -0.05) is 30.3 Å². The van der Waals surface area contributed by atoms with Crippen molar-refractivity contribution in [1.82, 2.24) is 34.9 Å². The van der Waals surface area contributed by atoms with Gasteiger partial charge in [0.2, 0.25) is 0 Å². The maximum Gasteiger partial charge on any atom is 0.194 e. The van der Waals surface area contributed by atoms with Gasteiger partial charge < -0.3 is 14.8 Å². The van der Waals surface area contributed by atoms with Crippen LogP contribution in [-0.4, -0.2) is 55.2 Å². The molecule has 2 aromatic heterocycles. The number of hydrogen-bond acceptors (Lipinski definition) is 4. The van der Waals surface area contributed by atoms with Crippen LogP contribution in [0.5, 0.6) is 0 Å². The number of rotatable bonds is 6. The molecular formula is C21H28N8. The molecule has 0 saturated carbocycles.